The zero-order chi connectivity index (χ0) is 13.2. The molecular formula is C14H15N5. The summed E-state index contributed by atoms with van der Waals surface area (Å²) >= 11 is 0. The van der Waals surface area contributed by atoms with Crippen LogP contribution < -0.4 is 5.32 Å². The van der Waals surface area contributed by atoms with E-state index in [2.05, 4.69) is 20.4 Å². The van der Waals surface area contributed by atoms with Crippen molar-refractivity contribution in [3.8, 4) is 0 Å². The third kappa shape index (κ3) is 2.40. The maximum atomic E-state index is 4.43. The fourth-order valence-corrected chi connectivity index (χ4v) is 1.92. The van der Waals surface area contributed by atoms with E-state index in [4.69, 9.17) is 0 Å². The van der Waals surface area contributed by atoms with E-state index in [9.17, 15) is 0 Å². The van der Waals surface area contributed by atoms with Gasteiger partial charge in [-0.2, -0.15) is 4.98 Å². The van der Waals surface area contributed by atoms with E-state index in [1.807, 2.05) is 44.3 Å². The zero-order valence-electron chi connectivity index (χ0n) is 11.0. The normalized spacial score (nSPS) is 10.8. The van der Waals surface area contributed by atoms with E-state index in [0.29, 0.717) is 12.5 Å². The first kappa shape index (κ1) is 11.6. The van der Waals surface area contributed by atoms with Crippen LogP contribution in [0.4, 0.5) is 5.95 Å². The van der Waals surface area contributed by atoms with Gasteiger partial charge in [-0.25, -0.2) is 4.52 Å². The molecule has 3 aromatic rings. The minimum Gasteiger partial charge on any atom is -0.347 e. The van der Waals surface area contributed by atoms with Crippen LogP contribution in [0.3, 0.4) is 0 Å². The lowest BCUT2D eigenvalue weighted by Crippen LogP contribution is -2.04. The van der Waals surface area contributed by atoms with Crippen LogP contribution in [0.5, 0.6) is 0 Å². The molecule has 0 atom stereocenters. The highest BCUT2D eigenvalue weighted by molar-refractivity contribution is 5.45. The Morgan fingerprint density at radius 1 is 1.26 bits per heavy atom. The second-order valence-corrected chi connectivity index (χ2v) is 4.56. The lowest BCUT2D eigenvalue weighted by molar-refractivity contribution is 0.935. The summed E-state index contributed by atoms with van der Waals surface area (Å²) in [5, 5.41) is 7.57. The van der Waals surface area contributed by atoms with E-state index in [1.54, 1.807) is 10.7 Å². The first-order chi connectivity index (χ1) is 9.22. The Hall–Kier alpha value is -2.43. The Morgan fingerprint density at radius 3 is 3.00 bits per heavy atom. The van der Waals surface area contributed by atoms with Crippen LogP contribution in [0.1, 0.15) is 16.8 Å². The fourth-order valence-electron chi connectivity index (χ4n) is 1.92. The molecule has 0 amide bonds. The molecule has 0 fully saturated rings. The van der Waals surface area contributed by atoms with Crippen LogP contribution in [0, 0.1) is 13.8 Å². The van der Waals surface area contributed by atoms with Crippen LogP contribution in [0.2, 0.25) is 0 Å². The van der Waals surface area contributed by atoms with Gasteiger partial charge < -0.3 is 5.32 Å². The number of anilines is 1. The highest BCUT2D eigenvalue weighted by Gasteiger charge is 2.04. The molecule has 0 aliphatic heterocycles. The summed E-state index contributed by atoms with van der Waals surface area (Å²) in [5.41, 5.74) is 4.19. The van der Waals surface area contributed by atoms with Crippen LogP contribution in [-0.2, 0) is 6.54 Å². The lowest BCUT2D eigenvalue weighted by Gasteiger charge is -2.03. The molecule has 0 saturated heterocycles. The predicted molar refractivity (Wildman–Crippen MR) is 74.0 cm³/mol. The van der Waals surface area contributed by atoms with Crippen molar-refractivity contribution in [3.63, 3.8) is 0 Å². The van der Waals surface area contributed by atoms with Crippen molar-refractivity contribution in [1.82, 2.24) is 19.6 Å². The van der Waals surface area contributed by atoms with Crippen molar-refractivity contribution in [2.45, 2.75) is 20.4 Å². The van der Waals surface area contributed by atoms with Gasteiger partial charge in [0.1, 0.15) is 0 Å². The van der Waals surface area contributed by atoms with Gasteiger partial charge in [-0.15, -0.1) is 5.10 Å². The summed E-state index contributed by atoms with van der Waals surface area (Å²) in [6.45, 7) is 4.71. The average Bonchev–Trinajstić information content (AvgIpc) is 2.79. The lowest BCUT2D eigenvalue weighted by atomic mass is 10.2. The monoisotopic (exact) mass is 253 g/mol. The molecule has 0 aliphatic carbocycles. The van der Waals surface area contributed by atoms with Gasteiger partial charge in [-0.1, -0.05) is 6.07 Å². The molecule has 96 valence electrons. The SMILES string of the molecule is Cc1ccn2nc(NCc3ncccc3C)nc2c1. The standard InChI is InChI=1S/C14H15N5/c1-10-5-7-19-13(8-10)17-14(18-19)16-9-12-11(2)4-3-6-15-12/h3-8H,9H2,1-2H3,(H,16,18). The number of nitrogens with one attached hydrogen (secondary N) is 1. The average molecular weight is 253 g/mol. The molecule has 19 heavy (non-hydrogen) atoms. The summed E-state index contributed by atoms with van der Waals surface area (Å²) in [4.78, 5) is 8.77. The fraction of sp³-hybridized carbons (Fsp3) is 0.214. The van der Waals surface area contributed by atoms with Crippen molar-refractivity contribution >= 4 is 11.6 Å². The van der Waals surface area contributed by atoms with Crippen molar-refractivity contribution in [1.29, 1.82) is 0 Å². The highest BCUT2D eigenvalue weighted by Crippen LogP contribution is 2.09. The van der Waals surface area contributed by atoms with Crippen molar-refractivity contribution in [3.05, 3.63) is 53.5 Å². The van der Waals surface area contributed by atoms with Gasteiger partial charge in [0.2, 0.25) is 5.95 Å². The van der Waals surface area contributed by atoms with Gasteiger partial charge in [0.25, 0.3) is 0 Å². The number of nitrogens with zero attached hydrogens (tertiary/aromatic N) is 4. The van der Waals surface area contributed by atoms with Crippen molar-refractivity contribution < 1.29 is 0 Å². The second-order valence-electron chi connectivity index (χ2n) is 4.56. The Morgan fingerprint density at radius 2 is 2.16 bits per heavy atom. The van der Waals surface area contributed by atoms with Crippen LogP contribution in [0.15, 0.2) is 36.7 Å². The maximum Gasteiger partial charge on any atom is 0.243 e. The summed E-state index contributed by atoms with van der Waals surface area (Å²) in [7, 11) is 0. The van der Waals surface area contributed by atoms with Gasteiger partial charge in [-0.05, 0) is 43.2 Å². The van der Waals surface area contributed by atoms with Crippen LogP contribution in [-0.4, -0.2) is 19.6 Å². The smallest absolute Gasteiger partial charge is 0.243 e. The van der Waals surface area contributed by atoms with E-state index in [1.165, 1.54) is 5.56 Å². The predicted octanol–water partition coefficient (Wildman–Crippen LogP) is 2.35. The minimum atomic E-state index is 0.621. The largest absolute Gasteiger partial charge is 0.347 e. The molecule has 0 aromatic carbocycles. The molecule has 0 spiro atoms. The van der Waals surface area contributed by atoms with Gasteiger partial charge >= 0.3 is 0 Å². The maximum absolute atomic E-state index is 4.43. The summed E-state index contributed by atoms with van der Waals surface area (Å²) < 4.78 is 1.76. The molecule has 3 heterocycles. The van der Waals surface area contributed by atoms with Crippen molar-refractivity contribution in [2.75, 3.05) is 5.32 Å². The van der Waals surface area contributed by atoms with Gasteiger partial charge in [-0.3, -0.25) is 4.98 Å². The number of aryl methyl sites for hydroxylation is 2. The van der Waals surface area contributed by atoms with Crippen LogP contribution >= 0.6 is 0 Å². The molecule has 3 aromatic heterocycles. The quantitative estimate of drug-likeness (QED) is 0.778. The Kier molecular flexibility index (Phi) is 2.87. The highest BCUT2D eigenvalue weighted by atomic mass is 15.3. The molecule has 0 radical (unpaired) electrons. The Labute approximate surface area is 111 Å². The summed E-state index contributed by atoms with van der Waals surface area (Å²) in [6.07, 6.45) is 3.71. The number of aromatic nitrogens is 4. The number of fused-ring (bicyclic) bond motifs is 1. The zero-order valence-corrected chi connectivity index (χ0v) is 11.0. The molecule has 5 nitrogen and oxygen atoms in total. The third-order valence-corrected chi connectivity index (χ3v) is 3.02. The third-order valence-electron chi connectivity index (χ3n) is 3.02. The van der Waals surface area contributed by atoms with E-state index in [-0.39, 0.29) is 0 Å². The van der Waals surface area contributed by atoms with Gasteiger partial charge in [0, 0.05) is 12.4 Å². The Bertz CT molecular complexity index is 717. The molecule has 0 unspecified atom stereocenters. The van der Waals surface area contributed by atoms with E-state index in [0.717, 1.165) is 16.9 Å². The molecule has 0 saturated carbocycles. The molecule has 1 N–H and O–H groups in total. The topological polar surface area (TPSA) is 55.1 Å². The molecule has 3 rings (SSSR count). The summed E-state index contributed by atoms with van der Waals surface area (Å²) in [6, 6.07) is 7.99. The number of hydrogen-bond donors (Lipinski definition) is 1. The molecule has 0 bridgehead atoms. The molecule has 0 aliphatic rings. The van der Waals surface area contributed by atoms with Crippen LogP contribution in [0.25, 0.3) is 5.65 Å². The summed E-state index contributed by atoms with van der Waals surface area (Å²) in [5.74, 6) is 0.621. The molecular weight excluding hydrogens is 238 g/mol. The van der Waals surface area contributed by atoms with Gasteiger partial charge in [0.05, 0.1) is 12.2 Å². The number of pyridine rings is 2. The van der Waals surface area contributed by atoms with E-state index < -0.39 is 0 Å². The van der Waals surface area contributed by atoms with Crippen molar-refractivity contribution in [2.24, 2.45) is 0 Å². The van der Waals surface area contributed by atoms with E-state index >= 15 is 0 Å². The Balaban J connectivity index is 1.80. The molecule has 5 heteroatoms. The van der Waals surface area contributed by atoms with Gasteiger partial charge in [0.15, 0.2) is 5.65 Å². The second kappa shape index (κ2) is 4.68. The number of rotatable bonds is 3. The minimum absolute atomic E-state index is 0.621. The first-order valence-corrected chi connectivity index (χ1v) is 6.20. The first-order valence-electron chi connectivity index (χ1n) is 6.20. The number of hydrogen-bond acceptors (Lipinski definition) is 4.